The molecule has 1 aromatic heterocycles. The molecule has 2 heterocycles. The second-order valence-electron chi connectivity index (χ2n) is 8.76. The Morgan fingerprint density at radius 3 is 2.38 bits per heavy atom. The highest BCUT2D eigenvalue weighted by Gasteiger charge is 2.48. The Morgan fingerprint density at radius 2 is 1.77 bits per heavy atom. The minimum Gasteiger partial charge on any atom is -0.463 e. The number of halogens is 1. The molecule has 0 bridgehead atoms. The molecular formula is C26H30ClN3O8S. The van der Waals surface area contributed by atoms with Crippen LogP contribution in [0.5, 0.6) is 0 Å². The molecule has 3 N–H and O–H groups in total. The first kappa shape index (κ1) is 30.3. The largest absolute Gasteiger partial charge is 0.463 e. The van der Waals surface area contributed by atoms with Crippen LogP contribution in [0.15, 0.2) is 59.4 Å². The van der Waals surface area contributed by atoms with E-state index in [0.29, 0.717) is 54.2 Å². The van der Waals surface area contributed by atoms with Crippen molar-refractivity contribution in [2.75, 3.05) is 39.2 Å². The highest BCUT2D eigenvalue weighted by atomic mass is 35.5. The van der Waals surface area contributed by atoms with E-state index < -0.39 is 27.7 Å². The van der Waals surface area contributed by atoms with Gasteiger partial charge in [-0.3, -0.25) is 19.0 Å². The lowest BCUT2D eigenvalue weighted by molar-refractivity contribution is -0.163. The number of esters is 1. The van der Waals surface area contributed by atoms with Gasteiger partial charge in [-0.05, 0) is 42.8 Å². The molecule has 13 heteroatoms. The number of ether oxygens (including phenoxy) is 2. The van der Waals surface area contributed by atoms with Crippen molar-refractivity contribution in [2.45, 2.75) is 19.0 Å². The molecule has 11 nitrogen and oxygen atoms in total. The molecule has 1 aliphatic heterocycles. The predicted octanol–water partition coefficient (Wildman–Crippen LogP) is 2.25. The van der Waals surface area contributed by atoms with Crippen molar-refractivity contribution in [3.8, 4) is 0 Å². The van der Waals surface area contributed by atoms with Crippen LogP contribution in [-0.4, -0.2) is 79.6 Å². The first-order valence-electron chi connectivity index (χ1n) is 12.0. The van der Waals surface area contributed by atoms with Gasteiger partial charge in [0.25, 0.3) is 16.0 Å². The van der Waals surface area contributed by atoms with Crippen LogP contribution in [0.25, 0.3) is 10.9 Å². The van der Waals surface area contributed by atoms with Gasteiger partial charge < -0.3 is 19.8 Å². The van der Waals surface area contributed by atoms with Crippen LogP contribution in [0.1, 0.15) is 22.8 Å². The standard InChI is InChI=1S/C25H26ClN3O5.CH4O3S/c1-2-34-24(32)25(29-11-13-33-14-12-29,28-23(31)17-7-9-19(26)10-8-17)16-18-15-22(30)27-21-6-4-3-5-20(18)21;1-5(2,3)4/h3-10,15H,2,11-14,16H2,1H3,(H,27,30)(H,28,31);1H3,(H,2,3,4). The van der Waals surface area contributed by atoms with E-state index in [4.69, 9.17) is 25.6 Å². The smallest absolute Gasteiger partial charge is 0.347 e. The van der Waals surface area contributed by atoms with Crippen LogP contribution in [0.3, 0.4) is 0 Å². The number of para-hydroxylation sites is 1. The quantitative estimate of drug-likeness (QED) is 0.282. The number of pyridine rings is 1. The lowest BCUT2D eigenvalue weighted by Gasteiger charge is -2.44. The lowest BCUT2D eigenvalue weighted by atomic mass is 9.93. The third kappa shape index (κ3) is 8.35. The number of nitrogens with zero attached hydrogens (tertiary/aromatic N) is 1. The number of carbonyl (C=O) groups excluding carboxylic acids is 2. The van der Waals surface area contributed by atoms with Crippen molar-refractivity contribution >= 4 is 44.5 Å². The molecule has 3 aromatic rings. The first-order chi connectivity index (χ1) is 18.4. The number of fused-ring (bicyclic) bond motifs is 1. The summed E-state index contributed by atoms with van der Waals surface area (Å²) < 4.78 is 36.9. The summed E-state index contributed by atoms with van der Waals surface area (Å²) >= 11 is 5.98. The maximum atomic E-state index is 13.6. The van der Waals surface area contributed by atoms with Crippen molar-refractivity contribution in [2.24, 2.45) is 0 Å². The van der Waals surface area contributed by atoms with Gasteiger partial charge in [0.2, 0.25) is 5.56 Å². The van der Waals surface area contributed by atoms with E-state index >= 15 is 0 Å². The van der Waals surface area contributed by atoms with Crippen molar-refractivity contribution < 1.29 is 32.0 Å². The molecule has 0 aliphatic carbocycles. The van der Waals surface area contributed by atoms with Gasteiger partial charge in [-0.2, -0.15) is 8.42 Å². The van der Waals surface area contributed by atoms with Gasteiger partial charge in [0.15, 0.2) is 5.66 Å². The van der Waals surface area contributed by atoms with Crippen molar-refractivity contribution in [3.63, 3.8) is 0 Å². The van der Waals surface area contributed by atoms with Crippen LogP contribution in [0.2, 0.25) is 5.02 Å². The second kappa shape index (κ2) is 13.2. The normalized spacial score (nSPS) is 15.5. The second-order valence-corrected chi connectivity index (χ2v) is 10.7. The van der Waals surface area contributed by atoms with E-state index in [1.807, 2.05) is 23.1 Å². The number of aromatic amines is 1. The van der Waals surface area contributed by atoms with Gasteiger partial charge in [-0.15, -0.1) is 0 Å². The van der Waals surface area contributed by atoms with Crippen molar-refractivity contribution in [1.29, 1.82) is 0 Å². The summed E-state index contributed by atoms with van der Waals surface area (Å²) in [6, 6.07) is 15.2. The van der Waals surface area contributed by atoms with E-state index in [0.717, 1.165) is 5.39 Å². The van der Waals surface area contributed by atoms with Gasteiger partial charge in [-0.1, -0.05) is 29.8 Å². The van der Waals surface area contributed by atoms with Crippen LogP contribution in [-0.2, 0) is 30.8 Å². The topological polar surface area (TPSA) is 155 Å². The number of amides is 1. The Kier molecular flexibility index (Phi) is 10.2. The molecule has 1 saturated heterocycles. The lowest BCUT2D eigenvalue weighted by Crippen LogP contribution is -2.69. The maximum absolute atomic E-state index is 13.6. The predicted molar refractivity (Wildman–Crippen MR) is 146 cm³/mol. The van der Waals surface area contributed by atoms with E-state index in [1.54, 1.807) is 37.3 Å². The molecule has 1 atom stereocenters. The van der Waals surface area contributed by atoms with Gasteiger partial charge in [-0.25, -0.2) is 4.79 Å². The molecule has 0 radical (unpaired) electrons. The number of nitrogens with one attached hydrogen (secondary N) is 2. The number of H-pyrrole nitrogens is 1. The summed E-state index contributed by atoms with van der Waals surface area (Å²) in [5.41, 5.74) is -0.226. The van der Waals surface area contributed by atoms with E-state index in [-0.39, 0.29) is 18.6 Å². The molecule has 210 valence electrons. The summed E-state index contributed by atoms with van der Waals surface area (Å²) in [7, 11) is -3.67. The highest BCUT2D eigenvalue weighted by molar-refractivity contribution is 7.85. The third-order valence-corrected chi connectivity index (χ3v) is 6.13. The summed E-state index contributed by atoms with van der Waals surface area (Å²) in [6.45, 7) is 3.45. The fourth-order valence-corrected chi connectivity index (χ4v) is 4.37. The van der Waals surface area contributed by atoms with Crippen molar-refractivity contribution in [1.82, 2.24) is 15.2 Å². The molecule has 1 amide bonds. The average Bonchev–Trinajstić information content (AvgIpc) is 2.88. The molecule has 2 aromatic carbocycles. The molecule has 0 saturated carbocycles. The number of hydrogen-bond acceptors (Lipinski definition) is 8. The minimum atomic E-state index is -3.67. The Labute approximate surface area is 230 Å². The molecule has 0 spiro atoms. The molecule has 1 unspecified atom stereocenters. The van der Waals surface area contributed by atoms with Crippen LogP contribution >= 0.6 is 11.6 Å². The summed E-state index contributed by atoms with van der Waals surface area (Å²) in [4.78, 5) is 44.0. The summed E-state index contributed by atoms with van der Waals surface area (Å²) in [5, 5.41) is 4.23. The Bertz CT molecular complexity index is 1460. The number of benzene rings is 2. The van der Waals surface area contributed by atoms with Crippen LogP contribution in [0.4, 0.5) is 0 Å². The number of hydrogen-bond donors (Lipinski definition) is 3. The van der Waals surface area contributed by atoms with Gasteiger partial charge in [0.1, 0.15) is 0 Å². The zero-order chi connectivity index (χ0) is 28.6. The maximum Gasteiger partial charge on any atom is 0.347 e. The minimum absolute atomic E-state index is 0.0373. The molecule has 39 heavy (non-hydrogen) atoms. The monoisotopic (exact) mass is 579 g/mol. The summed E-state index contributed by atoms with van der Waals surface area (Å²) in [6.07, 6.45) is 0.753. The Balaban J connectivity index is 0.000000771. The van der Waals surface area contributed by atoms with Gasteiger partial charge in [0.05, 0.1) is 26.1 Å². The zero-order valence-corrected chi connectivity index (χ0v) is 23.0. The van der Waals surface area contributed by atoms with Gasteiger partial charge >= 0.3 is 5.97 Å². The zero-order valence-electron chi connectivity index (χ0n) is 21.5. The SMILES string of the molecule is CCOC(=O)C(Cc1cc(=O)[nH]c2ccccc12)(NC(=O)c1ccc(Cl)cc1)N1CCOCC1.CS(=O)(=O)O. The van der Waals surface area contributed by atoms with E-state index in [9.17, 15) is 22.8 Å². The molecule has 1 aliphatic rings. The number of rotatable bonds is 7. The molecular weight excluding hydrogens is 550 g/mol. The number of morpholine rings is 1. The average molecular weight is 580 g/mol. The van der Waals surface area contributed by atoms with Crippen LogP contribution in [0, 0.1) is 0 Å². The Morgan fingerprint density at radius 1 is 1.15 bits per heavy atom. The molecule has 4 rings (SSSR count). The number of carbonyl (C=O) groups is 2. The highest BCUT2D eigenvalue weighted by Crippen LogP contribution is 2.26. The van der Waals surface area contributed by atoms with Gasteiger partial charge in [0, 0.05) is 47.1 Å². The van der Waals surface area contributed by atoms with Crippen molar-refractivity contribution in [3.05, 3.63) is 81.1 Å². The third-order valence-electron chi connectivity index (χ3n) is 5.87. The number of aromatic nitrogens is 1. The summed E-state index contributed by atoms with van der Waals surface area (Å²) in [5.74, 6) is -1.05. The first-order valence-corrected chi connectivity index (χ1v) is 14.3. The fourth-order valence-electron chi connectivity index (χ4n) is 4.24. The fraction of sp³-hybridized carbons (Fsp3) is 0.346. The Hall–Kier alpha value is -3.29. The molecule has 1 fully saturated rings. The van der Waals surface area contributed by atoms with Crippen LogP contribution < -0.4 is 10.9 Å². The van der Waals surface area contributed by atoms with E-state index in [2.05, 4.69) is 10.3 Å². The van der Waals surface area contributed by atoms with E-state index in [1.165, 1.54) is 6.07 Å².